The summed E-state index contributed by atoms with van der Waals surface area (Å²) in [5.74, 6) is -0.325. The Labute approximate surface area is 121 Å². The maximum Gasteiger partial charge on any atom is 0.339 e. The van der Waals surface area contributed by atoms with Crippen molar-refractivity contribution in [3.8, 4) is 0 Å². The van der Waals surface area contributed by atoms with Crippen LogP contribution in [0.4, 0.5) is 5.69 Å². The summed E-state index contributed by atoms with van der Waals surface area (Å²) in [4.78, 5) is 11.8. The molecule has 112 valence electrons. The first-order valence-corrected chi connectivity index (χ1v) is 6.79. The first-order chi connectivity index (χ1) is 9.29. The lowest BCUT2D eigenvalue weighted by molar-refractivity contribution is 0.0128. The number of benzene rings is 1. The fourth-order valence-corrected chi connectivity index (χ4v) is 2.20. The maximum atomic E-state index is 11.8. The number of carbonyl (C=O) groups excluding carboxylic acids is 1. The van der Waals surface area contributed by atoms with E-state index in [9.17, 15) is 4.79 Å². The molecule has 0 spiro atoms. The number of aryl methyl sites for hydroxylation is 1. The molecule has 0 amide bonds. The number of rotatable bonds is 6. The summed E-state index contributed by atoms with van der Waals surface area (Å²) in [6.45, 7) is 8.11. The smallest absolute Gasteiger partial charge is 0.339 e. The van der Waals surface area contributed by atoms with E-state index in [-0.39, 0.29) is 17.6 Å². The molecule has 0 saturated heterocycles. The van der Waals surface area contributed by atoms with E-state index < -0.39 is 0 Å². The van der Waals surface area contributed by atoms with Crippen LogP contribution in [0.5, 0.6) is 0 Å². The summed E-state index contributed by atoms with van der Waals surface area (Å²) < 4.78 is 10.3. The molecule has 0 aliphatic heterocycles. The van der Waals surface area contributed by atoms with Crippen LogP contribution in [0, 0.1) is 6.92 Å². The highest BCUT2D eigenvalue weighted by atomic mass is 16.5. The lowest BCUT2D eigenvalue weighted by Gasteiger charge is -2.28. The van der Waals surface area contributed by atoms with Gasteiger partial charge in [0.25, 0.3) is 0 Å². The molecule has 1 aromatic carbocycles. The molecule has 4 heteroatoms. The Hall–Kier alpha value is -1.55. The molecule has 1 rings (SSSR count). The minimum absolute atomic E-state index is 0.177. The lowest BCUT2D eigenvalue weighted by atomic mass is 9.99. The van der Waals surface area contributed by atoms with Crippen LogP contribution in [0.3, 0.4) is 0 Å². The third kappa shape index (κ3) is 4.53. The predicted octanol–water partition coefficient (Wildman–Crippen LogP) is 3.40. The second-order valence-electron chi connectivity index (χ2n) is 5.75. The van der Waals surface area contributed by atoms with Gasteiger partial charge in [-0.05, 0) is 46.2 Å². The number of carbonyl (C=O) groups is 1. The van der Waals surface area contributed by atoms with Crippen molar-refractivity contribution in [1.82, 2.24) is 0 Å². The van der Waals surface area contributed by atoms with E-state index in [1.807, 2.05) is 39.0 Å². The van der Waals surface area contributed by atoms with E-state index in [1.54, 1.807) is 7.11 Å². The first-order valence-electron chi connectivity index (χ1n) is 6.79. The van der Waals surface area contributed by atoms with E-state index in [4.69, 9.17) is 9.47 Å². The molecule has 0 heterocycles. The largest absolute Gasteiger partial charge is 0.465 e. The highest BCUT2D eigenvalue weighted by Gasteiger charge is 2.21. The number of anilines is 1. The van der Waals surface area contributed by atoms with Gasteiger partial charge < -0.3 is 14.8 Å². The molecular weight excluding hydrogens is 254 g/mol. The van der Waals surface area contributed by atoms with Crippen LogP contribution in [0.25, 0.3) is 0 Å². The van der Waals surface area contributed by atoms with Crippen molar-refractivity contribution in [2.75, 3.05) is 19.5 Å². The molecule has 0 aliphatic rings. The van der Waals surface area contributed by atoms with Crippen molar-refractivity contribution < 1.29 is 14.3 Å². The van der Waals surface area contributed by atoms with Crippen LogP contribution in [0.2, 0.25) is 0 Å². The Morgan fingerprint density at radius 2 is 2.00 bits per heavy atom. The topological polar surface area (TPSA) is 47.6 Å². The van der Waals surface area contributed by atoms with Gasteiger partial charge in [0.2, 0.25) is 0 Å². The summed E-state index contributed by atoms with van der Waals surface area (Å²) in [6, 6.07) is 5.90. The van der Waals surface area contributed by atoms with Gasteiger partial charge in [0.1, 0.15) is 0 Å². The van der Waals surface area contributed by atoms with Crippen molar-refractivity contribution in [3.63, 3.8) is 0 Å². The van der Waals surface area contributed by atoms with Crippen LogP contribution >= 0.6 is 0 Å². The van der Waals surface area contributed by atoms with Gasteiger partial charge in [-0.3, -0.25) is 0 Å². The minimum atomic E-state index is -0.325. The normalized spacial score (nSPS) is 12.9. The van der Waals surface area contributed by atoms with Crippen LogP contribution in [-0.4, -0.2) is 31.8 Å². The zero-order valence-corrected chi connectivity index (χ0v) is 13.2. The summed E-state index contributed by atoms with van der Waals surface area (Å²) in [5, 5.41) is 3.36. The molecule has 0 fully saturated rings. The quantitative estimate of drug-likeness (QED) is 0.811. The predicted molar refractivity (Wildman–Crippen MR) is 81.3 cm³/mol. The second kappa shape index (κ2) is 6.75. The molecule has 20 heavy (non-hydrogen) atoms. The van der Waals surface area contributed by atoms with Crippen LogP contribution in [0.15, 0.2) is 18.2 Å². The Kier molecular flexibility index (Phi) is 5.57. The molecule has 1 unspecified atom stereocenters. The van der Waals surface area contributed by atoms with E-state index in [0.717, 1.165) is 17.7 Å². The summed E-state index contributed by atoms with van der Waals surface area (Å²) in [6.07, 6.45) is 0.831. The van der Waals surface area contributed by atoms with Crippen molar-refractivity contribution >= 4 is 11.7 Å². The summed E-state index contributed by atoms with van der Waals surface area (Å²) in [7, 11) is 3.10. The van der Waals surface area contributed by atoms with Gasteiger partial charge >= 0.3 is 5.97 Å². The minimum Gasteiger partial charge on any atom is -0.465 e. The van der Waals surface area contributed by atoms with Crippen molar-refractivity contribution in [2.24, 2.45) is 0 Å². The molecule has 4 nitrogen and oxygen atoms in total. The Morgan fingerprint density at radius 1 is 1.35 bits per heavy atom. The maximum absolute atomic E-state index is 11.8. The van der Waals surface area contributed by atoms with Crippen LogP contribution in [0.1, 0.15) is 43.1 Å². The molecule has 0 aromatic heterocycles. The first kappa shape index (κ1) is 16.5. The van der Waals surface area contributed by atoms with Gasteiger partial charge in [-0.15, -0.1) is 0 Å². The SMILES string of the molecule is COC(=O)c1cc(C)ccc1NC(C)CC(C)(C)OC. The Bertz CT molecular complexity index is 469. The number of hydrogen-bond donors (Lipinski definition) is 1. The fourth-order valence-electron chi connectivity index (χ4n) is 2.20. The van der Waals surface area contributed by atoms with Crippen molar-refractivity contribution in [3.05, 3.63) is 29.3 Å². The van der Waals surface area contributed by atoms with Gasteiger partial charge in [-0.2, -0.15) is 0 Å². The highest BCUT2D eigenvalue weighted by molar-refractivity contribution is 5.95. The van der Waals surface area contributed by atoms with Crippen LogP contribution < -0.4 is 5.32 Å². The number of esters is 1. The van der Waals surface area contributed by atoms with Gasteiger partial charge in [-0.1, -0.05) is 11.6 Å². The number of nitrogens with one attached hydrogen (secondary N) is 1. The molecule has 1 atom stereocenters. The molecule has 0 aliphatic carbocycles. The molecule has 0 radical (unpaired) electrons. The van der Waals surface area contributed by atoms with E-state index >= 15 is 0 Å². The van der Waals surface area contributed by atoms with E-state index in [2.05, 4.69) is 12.2 Å². The molecular formula is C16H25NO3. The Morgan fingerprint density at radius 3 is 2.55 bits per heavy atom. The summed E-state index contributed by atoms with van der Waals surface area (Å²) >= 11 is 0. The molecule has 0 saturated carbocycles. The van der Waals surface area contributed by atoms with Gasteiger partial charge in [0.15, 0.2) is 0 Å². The fraction of sp³-hybridized carbons (Fsp3) is 0.562. The zero-order valence-electron chi connectivity index (χ0n) is 13.2. The third-order valence-corrected chi connectivity index (χ3v) is 3.33. The van der Waals surface area contributed by atoms with Crippen LogP contribution in [-0.2, 0) is 9.47 Å². The van der Waals surface area contributed by atoms with Crippen molar-refractivity contribution in [1.29, 1.82) is 0 Å². The summed E-state index contributed by atoms with van der Waals surface area (Å²) in [5.41, 5.74) is 2.18. The van der Waals surface area contributed by atoms with Gasteiger partial charge in [0.05, 0.1) is 18.3 Å². The van der Waals surface area contributed by atoms with Crippen molar-refractivity contribution in [2.45, 2.75) is 45.8 Å². The highest BCUT2D eigenvalue weighted by Crippen LogP contribution is 2.22. The average molecular weight is 279 g/mol. The average Bonchev–Trinajstić information content (AvgIpc) is 2.39. The van der Waals surface area contributed by atoms with Gasteiger partial charge in [0, 0.05) is 18.8 Å². The molecule has 1 N–H and O–H groups in total. The second-order valence-corrected chi connectivity index (χ2v) is 5.75. The van der Waals surface area contributed by atoms with E-state index in [0.29, 0.717) is 5.56 Å². The standard InChI is InChI=1S/C16H25NO3/c1-11-7-8-14(13(9-11)15(18)19-5)17-12(2)10-16(3,4)20-6/h7-9,12,17H,10H2,1-6H3. The molecule has 1 aromatic rings. The number of hydrogen-bond acceptors (Lipinski definition) is 4. The molecule has 0 bridgehead atoms. The zero-order chi connectivity index (χ0) is 15.3. The number of methoxy groups -OCH3 is 2. The van der Waals surface area contributed by atoms with Gasteiger partial charge in [-0.25, -0.2) is 4.79 Å². The number of ether oxygens (including phenoxy) is 2. The monoisotopic (exact) mass is 279 g/mol. The third-order valence-electron chi connectivity index (χ3n) is 3.33. The lowest BCUT2D eigenvalue weighted by Crippen LogP contribution is -2.31. The van der Waals surface area contributed by atoms with E-state index in [1.165, 1.54) is 7.11 Å². The Balaban J connectivity index is 2.89.